The van der Waals surface area contributed by atoms with Gasteiger partial charge in [0, 0.05) is 12.2 Å². The van der Waals surface area contributed by atoms with Crippen molar-refractivity contribution in [2.75, 3.05) is 25.0 Å². The van der Waals surface area contributed by atoms with E-state index >= 15 is 0 Å². The van der Waals surface area contributed by atoms with E-state index in [1.54, 1.807) is 31.2 Å². The summed E-state index contributed by atoms with van der Waals surface area (Å²) in [7, 11) is 0. The standard InChI is InChI=1S/C15H19N3O4/c1-3-9-18(11-14(19)22-4-2)15(20)17-13-7-5-12(6-8-13)10-16-21/h3,5-8,10,21H,1,4,9,11H2,2H3,(H,17,20). The minimum atomic E-state index is -0.478. The average Bonchev–Trinajstić information content (AvgIpc) is 2.49. The Balaban J connectivity index is 2.69. The molecule has 0 spiro atoms. The molecule has 7 heteroatoms. The fourth-order valence-corrected chi connectivity index (χ4v) is 1.66. The highest BCUT2D eigenvalue weighted by Crippen LogP contribution is 2.09. The topological polar surface area (TPSA) is 91.2 Å². The second-order valence-electron chi connectivity index (χ2n) is 4.27. The highest BCUT2D eigenvalue weighted by Gasteiger charge is 2.16. The lowest BCUT2D eigenvalue weighted by Crippen LogP contribution is -2.39. The van der Waals surface area contributed by atoms with E-state index in [1.807, 2.05) is 0 Å². The Kier molecular flexibility index (Phi) is 7.18. The zero-order valence-corrected chi connectivity index (χ0v) is 12.4. The molecular formula is C15H19N3O4. The van der Waals surface area contributed by atoms with Gasteiger partial charge in [-0.05, 0) is 24.6 Å². The van der Waals surface area contributed by atoms with Gasteiger partial charge in [0.15, 0.2) is 0 Å². The third kappa shape index (κ3) is 5.66. The quantitative estimate of drug-likeness (QED) is 0.265. The van der Waals surface area contributed by atoms with Gasteiger partial charge in [-0.15, -0.1) is 6.58 Å². The zero-order valence-electron chi connectivity index (χ0n) is 12.4. The number of carbonyl (C=O) groups is 2. The van der Waals surface area contributed by atoms with Crippen molar-refractivity contribution in [2.45, 2.75) is 6.92 Å². The first-order valence-electron chi connectivity index (χ1n) is 6.70. The number of benzene rings is 1. The van der Waals surface area contributed by atoms with Crippen molar-refractivity contribution in [3.8, 4) is 0 Å². The first-order chi connectivity index (χ1) is 10.6. The molecule has 1 aromatic rings. The van der Waals surface area contributed by atoms with Crippen LogP contribution < -0.4 is 5.32 Å². The molecule has 0 heterocycles. The van der Waals surface area contributed by atoms with Crippen LogP contribution in [0, 0.1) is 0 Å². The number of nitrogens with one attached hydrogen (secondary N) is 1. The van der Waals surface area contributed by atoms with Gasteiger partial charge in [-0.3, -0.25) is 4.79 Å². The van der Waals surface area contributed by atoms with Gasteiger partial charge < -0.3 is 20.2 Å². The number of carbonyl (C=O) groups excluding carboxylic acids is 2. The molecule has 0 aliphatic heterocycles. The van der Waals surface area contributed by atoms with Crippen LogP contribution in [0.15, 0.2) is 42.1 Å². The first kappa shape index (κ1) is 17.2. The molecule has 0 radical (unpaired) electrons. The van der Waals surface area contributed by atoms with Crippen LogP contribution in [-0.2, 0) is 9.53 Å². The Labute approximate surface area is 128 Å². The van der Waals surface area contributed by atoms with Crippen molar-refractivity contribution in [3.05, 3.63) is 42.5 Å². The molecule has 0 aliphatic rings. The SMILES string of the molecule is C=CCN(CC(=O)OCC)C(=O)Nc1ccc(C=NO)cc1. The molecule has 1 rings (SSSR count). The summed E-state index contributed by atoms with van der Waals surface area (Å²) in [6.07, 6.45) is 2.80. The van der Waals surface area contributed by atoms with Crippen LogP contribution in [-0.4, -0.2) is 48.0 Å². The van der Waals surface area contributed by atoms with E-state index in [2.05, 4.69) is 17.1 Å². The molecule has 0 unspecified atom stereocenters. The molecule has 2 N–H and O–H groups in total. The van der Waals surface area contributed by atoms with Crippen LogP contribution in [0.25, 0.3) is 0 Å². The Morgan fingerprint density at radius 1 is 1.41 bits per heavy atom. The van der Waals surface area contributed by atoms with Crippen LogP contribution in [0.5, 0.6) is 0 Å². The minimum Gasteiger partial charge on any atom is -0.465 e. The second kappa shape index (κ2) is 9.17. The number of esters is 1. The minimum absolute atomic E-state index is 0.152. The zero-order chi connectivity index (χ0) is 16.4. The van der Waals surface area contributed by atoms with Crippen molar-refractivity contribution in [3.63, 3.8) is 0 Å². The Bertz CT molecular complexity index is 540. The lowest BCUT2D eigenvalue weighted by Gasteiger charge is -2.20. The largest absolute Gasteiger partial charge is 0.465 e. The molecule has 0 atom stereocenters. The third-order valence-electron chi connectivity index (χ3n) is 2.63. The number of ether oxygens (including phenoxy) is 1. The summed E-state index contributed by atoms with van der Waals surface area (Å²) >= 11 is 0. The molecule has 1 aromatic carbocycles. The van der Waals surface area contributed by atoms with E-state index in [9.17, 15) is 9.59 Å². The summed E-state index contributed by atoms with van der Waals surface area (Å²) in [5.41, 5.74) is 1.24. The normalized spacial score (nSPS) is 10.2. The number of oxime groups is 1. The van der Waals surface area contributed by atoms with E-state index in [0.29, 0.717) is 11.3 Å². The molecule has 0 fully saturated rings. The molecule has 0 saturated heterocycles. The maximum atomic E-state index is 12.1. The number of rotatable bonds is 7. The van der Waals surface area contributed by atoms with Gasteiger partial charge in [-0.2, -0.15) is 0 Å². The summed E-state index contributed by atoms with van der Waals surface area (Å²) in [6.45, 7) is 5.60. The summed E-state index contributed by atoms with van der Waals surface area (Å²) < 4.78 is 4.83. The van der Waals surface area contributed by atoms with Gasteiger partial charge in [0.05, 0.1) is 12.8 Å². The Morgan fingerprint density at radius 3 is 2.64 bits per heavy atom. The van der Waals surface area contributed by atoms with Crippen LogP contribution in [0.1, 0.15) is 12.5 Å². The van der Waals surface area contributed by atoms with Crippen LogP contribution in [0.3, 0.4) is 0 Å². The molecule has 0 bridgehead atoms. The Morgan fingerprint density at radius 2 is 2.09 bits per heavy atom. The van der Waals surface area contributed by atoms with Crippen LogP contribution in [0.4, 0.5) is 10.5 Å². The van der Waals surface area contributed by atoms with Crippen molar-refractivity contribution >= 4 is 23.9 Å². The second-order valence-corrected chi connectivity index (χ2v) is 4.27. The number of hydrogen-bond donors (Lipinski definition) is 2. The van der Waals surface area contributed by atoms with Gasteiger partial charge in [-0.1, -0.05) is 23.4 Å². The van der Waals surface area contributed by atoms with Crippen molar-refractivity contribution < 1.29 is 19.5 Å². The monoisotopic (exact) mass is 305 g/mol. The summed E-state index contributed by atoms with van der Waals surface area (Å²) in [5.74, 6) is -0.478. The van der Waals surface area contributed by atoms with E-state index in [4.69, 9.17) is 9.94 Å². The van der Waals surface area contributed by atoms with E-state index in [-0.39, 0.29) is 19.7 Å². The van der Waals surface area contributed by atoms with Crippen molar-refractivity contribution in [1.82, 2.24) is 4.90 Å². The van der Waals surface area contributed by atoms with E-state index in [0.717, 1.165) is 0 Å². The number of anilines is 1. The molecule has 2 amide bonds. The van der Waals surface area contributed by atoms with Crippen molar-refractivity contribution in [1.29, 1.82) is 0 Å². The lowest BCUT2D eigenvalue weighted by molar-refractivity contribution is -0.143. The molecule has 118 valence electrons. The predicted octanol–water partition coefficient (Wildman–Crippen LogP) is 2.08. The van der Waals surface area contributed by atoms with Crippen LogP contribution >= 0.6 is 0 Å². The van der Waals surface area contributed by atoms with E-state index in [1.165, 1.54) is 17.2 Å². The molecule has 7 nitrogen and oxygen atoms in total. The van der Waals surface area contributed by atoms with Crippen LogP contribution in [0.2, 0.25) is 0 Å². The third-order valence-corrected chi connectivity index (χ3v) is 2.63. The number of amides is 2. The van der Waals surface area contributed by atoms with Gasteiger partial charge >= 0.3 is 12.0 Å². The smallest absolute Gasteiger partial charge is 0.325 e. The predicted molar refractivity (Wildman–Crippen MR) is 83.2 cm³/mol. The average molecular weight is 305 g/mol. The maximum absolute atomic E-state index is 12.1. The summed E-state index contributed by atoms with van der Waals surface area (Å²) in [6, 6.07) is 6.24. The first-order valence-corrected chi connectivity index (χ1v) is 6.70. The molecule has 0 aliphatic carbocycles. The fraction of sp³-hybridized carbons (Fsp3) is 0.267. The summed E-state index contributed by atoms with van der Waals surface area (Å²) in [5, 5.41) is 14.0. The molecule has 0 aromatic heterocycles. The van der Waals surface area contributed by atoms with Gasteiger partial charge in [0.25, 0.3) is 0 Å². The Hall–Kier alpha value is -2.83. The number of nitrogens with zero attached hydrogens (tertiary/aromatic N) is 2. The maximum Gasteiger partial charge on any atom is 0.325 e. The highest BCUT2D eigenvalue weighted by molar-refractivity contribution is 5.92. The summed E-state index contributed by atoms with van der Waals surface area (Å²) in [4.78, 5) is 24.9. The number of hydrogen-bond acceptors (Lipinski definition) is 5. The van der Waals surface area contributed by atoms with Gasteiger partial charge in [-0.25, -0.2) is 4.79 Å². The van der Waals surface area contributed by atoms with Crippen molar-refractivity contribution in [2.24, 2.45) is 5.16 Å². The molecule has 22 heavy (non-hydrogen) atoms. The highest BCUT2D eigenvalue weighted by atomic mass is 16.5. The van der Waals surface area contributed by atoms with E-state index < -0.39 is 12.0 Å². The lowest BCUT2D eigenvalue weighted by atomic mass is 10.2. The van der Waals surface area contributed by atoms with Gasteiger partial charge in [0.2, 0.25) is 0 Å². The molecule has 0 saturated carbocycles. The molecular weight excluding hydrogens is 286 g/mol. The fourth-order valence-electron chi connectivity index (χ4n) is 1.66. The number of urea groups is 1. The van der Waals surface area contributed by atoms with Gasteiger partial charge in [0.1, 0.15) is 6.54 Å².